The van der Waals surface area contributed by atoms with E-state index in [-0.39, 0.29) is 12.0 Å². The Kier molecular flexibility index (Phi) is 2.89. The fraction of sp³-hybridized carbons (Fsp3) is 0.643. The molecule has 0 aromatic carbocycles. The molecule has 0 spiro atoms. The van der Waals surface area contributed by atoms with Crippen molar-refractivity contribution in [1.29, 1.82) is 0 Å². The third-order valence-corrected chi connectivity index (χ3v) is 4.30. The number of carbonyl (C=O) groups excluding carboxylic acids is 1. The molecule has 0 aromatic heterocycles. The Balaban J connectivity index is 1.84. The average molecular weight is 234 g/mol. The Morgan fingerprint density at radius 2 is 2.29 bits per heavy atom. The lowest BCUT2D eigenvalue weighted by molar-refractivity contribution is -0.132. The molecule has 0 heterocycles. The molecule has 3 nitrogen and oxygen atoms in total. The Morgan fingerprint density at radius 3 is 3.06 bits per heavy atom. The molecule has 3 saturated carbocycles. The molecule has 4 rings (SSSR count). The average Bonchev–Trinajstić information content (AvgIpc) is 2.36. The molecule has 3 heteroatoms. The van der Waals surface area contributed by atoms with Crippen LogP contribution >= 0.6 is 0 Å². The summed E-state index contributed by atoms with van der Waals surface area (Å²) in [5, 5.41) is 0. The number of rotatable bonds is 3. The largest absolute Gasteiger partial charge is 0.359 e. The van der Waals surface area contributed by atoms with Gasteiger partial charge in [-0.2, -0.15) is 0 Å². The van der Waals surface area contributed by atoms with E-state index >= 15 is 0 Å². The number of hydrogen-bond acceptors (Lipinski definition) is 3. The van der Waals surface area contributed by atoms with Gasteiger partial charge in [0, 0.05) is 25.4 Å². The van der Waals surface area contributed by atoms with Crippen LogP contribution in [0.2, 0.25) is 0 Å². The highest BCUT2D eigenvalue weighted by Crippen LogP contribution is 2.49. The molecule has 0 unspecified atom stereocenters. The summed E-state index contributed by atoms with van der Waals surface area (Å²) in [7, 11) is 1.64. The minimum absolute atomic E-state index is 0.0934. The van der Waals surface area contributed by atoms with Gasteiger partial charge in [0.15, 0.2) is 0 Å². The first kappa shape index (κ1) is 11.2. The van der Waals surface area contributed by atoms with Crippen molar-refractivity contribution in [3.63, 3.8) is 0 Å². The highest BCUT2D eigenvalue weighted by Gasteiger charge is 2.47. The number of ether oxygens (including phenoxy) is 2. The molecule has 92 valence electrons. The van der Waals surface area contributed by atoms with Gasteiger partial charge in [-0.15, -0.1) is 0 Å². The first-order valence-electron chi connectivity index (χ1n) is 6.33. The molecule has 3 fully saturated rings. The Hall–Kier alpha value is -0.930. The Bertz CT molecular complexity index is 383. The van der Waals surface area contributed by atoms with Crippen molar-refractivity contribution in [3.8, 4) is 0 Å². The lowest BCUT2D eigenvalue weighted by Crippen LogP contribution is -2.46. The number of ketones is 1. The monoisotopic (exact) mass is 234 g/mol. The highest BCUT2D eigenvalue weighted by molar-refractivity contribution is 5.86. The van der Waals surface area contributed by atoms with E-state index in [1.54, 1.807) is 7.11 Å². The van der Waals surface area contributed by atoms with E-state index in [1.165, 1.54) is 12.0 Å². The minimum atomic E-state index is 0.0934. The van der Waals surface area contributed by atoms with E-state index in [4.69, 9.17) is 9.47 Å². The van der Waals surface area contributed by atoms with Gasteiger partial charge in [-0.3, -0.25) is 4.79 Å². The van der Waals surface area contributed by atoms with Gasteiger partial charge < -0.3 is 9.47 Å². The molecule has 4 aliphatic carbocycles. The molecule has 0 amide bonds. The van der Waals surface area contributed by atoms with Gasteiger partial charge in [0.05, 0.1) is 6.10 Å². The van der Waals surface area contributed by atoms with Crippen LogP contribution < -0.4 is 0 Å². The molecule has 0 saturated heterocycles. The quantitative estimate of drug-likeness (QED) is 0.701. The highest BCUT2D eigenvalue weighted by atomic mass is 16.7. The fourth-order valence-electron chi connectivity index (χ4n) is 3.59. The van der Waals surface area contributed by atoms with E-state index in [0.717, 1.165) is 12.8 Å². The van der Waals surface area contributed by atoms with Gasteiger partial charge in [0.25, 0.3) is 0 Å². The maximum atomic E-state index is 11.9. The van der Waals surface area contributed by atoms with Gasteiger partial charge in [-0.1, -0.05) is 23.8 Å². The van der Waals surface area contributed by atoms with Crippen LogP contribution in [0.4, 0.5) is 0 Å². The number of methoxy groups -OCH3 is 1. The number of allylic oxidation sites excluding steroid dienone is 2. The van der Waals surface area contributed by atoms with Crippen LogP contribution in [-0.2, 0) is 14.3 Å². The van der Waals surface area contributed by atoms with Gasteiger partial charge in [-0.05, 0) is 18.8 Å². The van der Waals surface area contributed by atoms with Crippen molar-refractivity contribution in [2.24, 2.45) is 17.8 Å². The summed E-state index contributed by atoms with van der Waals surface area (Å²) in [5.74, 6) is 1.49. The summed E-state index contributed by atoms with van der Waals surface area (Å²) in [6, 6.07) is 0. The second-order valence-electron chi connectivity index (χ2n) is 5.18. The van der Waals surface area contributed by atoms with E-state index in [2.05, 4.69) is 12.2 Å². The Morgan fingerprint density at radius 1 is 1.41 bits per heavy atom. The molecule has 4 aliphatic rings. The third-order valence-electron chi connectivity index (χ3n) is 4.30. The maximum absolute atomic E-state index is 11.9. The van der Waals surface area contributed by atoms with Crippen molar-refractivity contribution in [1.82, 2.24) is 0 Å². The number of Topliss-reactive ketones (excluding diaryl/α,β-unsaturated/α-hetero) is 1. The van der Waals surface area contributed by atoms with Crippen molar-refractivity contribution in [3.05, 3.63) is 23.8 Å². The third kappa shape index (κ3) is 1.78. The van der Waals surface area contributed by atoms with Crippen LogP contribution in [0.3, 0.4) is 0 Å². The molecular formula is C14H18O3. The lowest BCUT2D eigenvalue weighted by Gasteiger charge is -2.47. The van der Waals surface area contributed by atoms with Gasteiger partial charge >= 0.3 is 0 Å². The van der Waals surface area contributed by atoms with Crippen LogP contribution in [0.5, 0.6) is 0 Å². The number of hydrogen-bond donors (Lipinski definition) is 0. The summed E-state index contributed by atoms with van der Waals surface area (Å²) < 4.78 is 10.7. The molecule has 0 radical (unpaired) electrons. The SMILES string of the molecule is COCO[C@H]1C=CC=C2[C@@H]3CC[C@@H](CC3=O)[C@H]21. The van der Waals surface area contributed by atoms with Crippen LogP contribution in [0.15, 0.2) is 23.8 Å². The van der Waals surface area contributed by atoms with Crippen LogP contribution in [0.25, 0.3) is 0 Å². The fourth-order valence-corrected chi connectivity index (χ4v) is 3.59. The first-order valence-corrected chi connectivity index (χ1v) is 6.33. The van der Waals surface area contributed by atoms with E-state index in [9.17, 15) is 4.79 Å². The molecule has 2 bridgehead atoms. The summed E-state index contributed by atoms with van der Waals surface area (Å²) in [4.78, 5) is 11.9. The minimum Gasteiger partial charge on any atom is -0.359 e. The van der Waals surface area contributed by atoms with Crippen LogP contribution in [-0.4, -0.2) is 25.8 Å². The lowest BCUT2D eigenvalue weighted by atomic mass is 9.58. The zero-order valence-electron chi connectivity index (χ0n) is 10.1. The first-order chi connectivity index (χ1) is 8.31. The second kappa shape index (κ2) is 4.39. The number of fused-ring (bicyclic) bond motifs is 2. The van der Waals surface area contributed by atoms with Gasteiger partial charge in [-0.25, -0.2) is 0 Å². The van der Waals surface area contributed by atoms with Gasteiger partial charge in [0.1, 0.15) is 12.6 Å². The summed E-state index contributed by atoms with van der Waals surface area (Å²) in [6.07, 6.45) is 9.29. The van der Waals surface area contributed by atoms with Crippen LogP contribution in [0.1, 0.15) is 19.3 Å². The van der Waals surface area contributed by atoms with Gasteiger partial charge in [0.2, 0.25) is 0 Å². The molecule has 0 N–H and O–H groups in total. The smallest absolute Gasteiger partial charge is 0.147 e. The standard InChI is InChI=1S/C14H18O3/c1-16-8-17-13-4-2-3-11-10-6-5-9(14(11)13)7-12(10)15/h2-4,9-10,13-14H,5-8H2,1H3/t9-,10-,13-,14+/m0/s1. The second-order valence-corrected chi connectivity index (χ2v) is 5.18. The van der Waals surface area contributed by atoms with E-state index in [0.29, 0.717) is 24.4 Å². The molecule has 0 aromatic rings. The maximum Gasteiger partial charge on any atom is 0.147 e. The molecule has 17 heavy (non-hydrogen) atoms. The van der Waals surface area contributed by atoms with E-state index in [1.807, 2.05) is 6.08 Å². The molecular weight excluding hydrogens is 216 g/mol. The normalized spacial score (nSPS) is 39.1. The Labute approximate surface area is 101 Å². The van der Waals surface area contributed by atoms with Crippen molar-refractivity contribution in [2.75, 3.05) is 13.9 Å². The zero-order valence-corrected chi connectivity index (χ0v) is 10.1. The van der Waals surface area contributed by atoms with E-state index < -0.39 is 0 Å². The summed E-state index contributed by atoms with van der Waals surface area (Å²) >= 11 is 0. The topological polar surface area (TPSA) is 35.5 Å². The van der Waals surface area contributed by atoms with Crippen molar-refractivity contribution >= 4 is 5.78 Å². The predicted molar refractivity (Wildman–Crippen MR) is 63.3 cm³/mol. The van der Waals surface area contributed by atoms with Crippen molar-refractivity contribution < 1.29 is 14.3 Å². The molecule has 4 atom stereocenters. The predicted octanol–water partition coefficient (Wildman–Crippen LogP) is 2.09. The zero-order chi connectivity index (χ0) is 11.8. The molecule has 0 aliphatic heterocycles. The van der Waals surface area contributed by atoms with Crippen LogP contribution in [0, 0.1) is 17.8 Å². The van der Waals surface area contributed by atoms with Crippen molar-refractivity contribution in [2.45, 2.75) is 25.4 Å². The summed E-state index contributed by atoms with van der Waals surface area (Å²) in [5.41, 5.74) is 1.31. The number of carbonyl (C=O) groups is 1. The summed E-state index contributed by atoms with van der Waals surface area (Å²) in [6.45, 7) is 0.324.